The Bertz CT molecular complexity index is 1070. The molecule has 1 atom stereocenters. The van der Waals surface area contributed by atoms with Gasteiger partial charge < -0.3 is 9.80 Å². The van der Waals surface area contributed by atoms with Crippen LogP contribution in [0, 0.1) is 30.0 Å². The molecule has 1 aliphatic rings. The molecular weight excluding hydrogens is 393 g/mol. The van der Waals surface area contributed by atoms with Crippen LogP contribution in [0.4, 0.5) is 16.0 Å². The fourth-order valence-corrected chi connectivity index (χ4v) is 4.33. The van der Waals surface area contributed by atoms with Crippen LogP contribution in [0.3, 0.4) is 0 Å². The fourth-order valence-electron chi connectivity index (χ4n) is 3.57. The van der Waals surface area contributed by atoms with Gasteiger partial charge in [-0.2, -0.15) is 5.26 Å². The molecule has 154 valence electrons. The number of rotatable bonds is 4. The first kappa shape index (κ1) is 21.0. The summed E-state index contributed by atoms with van der Waals surface area (Å²) in [5, 5.41) is 9.22. The van der Waals surface area contributed by atoms with Gasteiger partial charge in [0.15, 0.2) is 9.84 Å². The summed E-state index contributed by atoms with van der Waals surface area (Å²) in [7, 11) is -3.65. The van der Waals surface area contributed by atoms with Crippen LogP contribution >= 0.6 is 0 Å². The summed E-state index contributed by atoms with van der Waals surface area (Å²) in [4.78, 5) is 12.7. The number of sulfone groups is 1. The highest BCUT2D eigenvalue weighted by molar-refractivity contribution is 7.90. The minimum atomic E-state index is -3.65. The van der Waals surface area contributed by atoms with Crippen LogP contribution in [0.1, 0.15) is 25.2 Å². The molecule has 1 aromatic heterocycles. The molecule has 3 rings (SSSR count). The molecule has 1 saturated heterocycles. The molecule has 9 heteroatoms. The summed E-state index contributed by atoms with van der Waals surface area (Å²) >= 11 is 0. The van der Waals surface area contributed by atoms with Crippen molar-refractivity contribution in [3.05, 3.63) is 41.5 Å². The molecule has 0 N–H and O–H groups in total. The van der Waals surface area contributed by atoms with Crippen molar-refractivity contribution < 1.29 is 12.8 Å². The highest BCUT2D eigenvalue weighted by Crippen LogP contribution is 2.28. The van der Waals surface area contributed by atoms with E-state index in [2.05, 4.69) is 39.7 Å². The predicted molar refractivity (Wildman–Crippen MR) is 109 cm³/mol. The van der Waals surface area contributed by atoms with Gasteiger partial charge in [-0.15, -0.1) is 0 Å². The van der Waals surface area contributed by atoms with E-state index in [9.17, 15) is 18.1 Å². The molecule has 0 saturated carbocycles. The molecule has 29 heavy (non-hydrogen) atoms. The second-order valence-electron chi connectivity index (χ2n) is 7.64. The molecule has 0 aliphatic carbocycles. The Balaban J connectivity index is 1.92. The Morgan fingerprint density at radius 2 is 1.97 bits per heavy atom. The maximum absolute atomic E-state index is 14.0. The van der Waals surface area contributed by atoms with Gasteiger partial charge in [0, 0.05) is 37.3 Å². The van der Waals surface area contributed by atoms with E-state index >= 15 is 0 Å². The van der Waals surface area contributed by atoms with E-state index in [1.54, 1.807) is 12.1 Å². The highest BCUT2D eigenvalue weighted by atomic mass is 32.2. The van der Waals surface area contributed by atoms with Crippen molar-refractivity contribution in [1.29, 1.82) is 5.26 Å². The molecule has 1 fully saturated rings. The largest absolute Gasteiger partial charge is 0.368 e. The van der Waals surface area contributed by atoms with Crippen molar-refractivity contribution in [2.45, 2.75) is 31.7 Å². The second kappa shape index (κ2) is 7.95. The Morgan fingerprint density at radius 3 is 2.59 bits per heavy atom. The van der Waals surface area contributed by atoms with Crippen molar-refractivity contribution in [3.8, 4) is 6.07 Å². The number of anilines is 2. The van der Waals surface area contributed by atoms with Gasteiger partial charge in [0.2, 0.25) is 5.95 Å². The molecule has 1 aromatic carbocycles. The van der Waals surface area contributed by atoms with Crippen molar-refractivity contribution in [2.75, 3.05) is 35.7 Å². The third kappa shape index (κ3) is 4.48. The van der Waals surface area contributed by atoms with Gasteiger partial charge in [0.25, 0.3) is 0 Å². The molecular formula is C20H24FN5O2S. The second-order valence-corrected chi connectivity index (χ2v) is 9.63. The standard InChI is InChI=1S/C20H24FN5O2S/c1-13(2)18-12-25(16-5-6-17(21)19(10-16)29(4,27)28)7-8-26(18)20-23-14(3)9-15(11-22)24-20/h5-6,9-10,13,18H,7-8,12H2,1-4H3. The van der Waals surface area contributed by atoms with Crippen LogP contribution in [0.15, 0.2) is 29.2 Å². The number of piperazine rings is 1. The average molecular weight is 418 g/mol. The van der Waals surface area contributed by atoms with Crippen LogP contribution in [-0.4, -0.2) is 50.3 Å². The molecule has 2 aromatic rings. The lowest BCUT2D eigenvalue weighted by Gasteiger charge is -2.44. The quantitative estimate of drug-likeness (QED) is 0.755. The molecule has 1 aliphatic heterocycles. The number of nitriles is 1. The Labute approximate surface area is 170 Å². The Morgan fingerprint density at radius 1 is 1.24 bits per heavy atom. The number of halogens is 1. The van der Waals surface area contributed by atoms with Crippen LogP contribution in [-0.2, 0) is 9.84 Å². The molecule has 1 unspecified atom stereocenters. The minimum absolute atomic E-state index is 0.0452. The third-order valence-corrected chi connectivity index (χ3v) is 6.19. The molecule has 0 spiro atoms. The number of hydrogen-bond donors (Lipinski definition) is 0. The predicted octanol–water partition coefficient (Wildman–Crippen LogP) is 2.55. The van der Waals surface area contributed by atoms with E-state index in [0.717, 1.165) is 11.9 Å². The zero-order valence-electron chi connectivity index (χ0n) is 16.9. The van der Waals surface area contributed by atoms with Gasteiger partial charge in [0.1, 0.15) is 22.5 Å². The topological polar surface area (TPSA) is 90.2 Å². The molecule has 2 heterocycles. The van der Waals surface area contributed by atoms with Crippen LogP contribution in [0.5, 0.6) is 0 Å². The van der Waals surface area contributed by atoms with Crippen LogP contribution in [0.2, 0.25) is 0 Å². The third-order valence-electron chi connectivity index (χ3n) is 5.08. The maximum atomic E-state index is 14.0. The Kier molecular flexibility index (Phi) is 5.75. The van der Waals surface area contributed by atoms with E-state index in [1.165, 1.54) is 12.1 Å². The van der Waals surface area contributed by atoms with Crippen LogP contribution in [0.25, 0.3) is 0 Å². The number of hydrogen-bond acceptors (Lipinski definition) is 7. The van der Waals surface area contributed by atoms with Crippen molar-refractivity contribution >= 4 is 21.5 Å². The van der Waals surface area contributed by atoms with Gasteiger partial charge in [0.05, 0.1) is 6.04 Å². The zero-order chi connectivity index (χ0) is 21.3. The lowest BCUT2D eigenvalue weighted by molar-refractivity contribution is 0.413. The fraction of sp³-hybridized carbons (Fsp3) is 0.450. The number of aryl methyl sites for hydroxylation is 1. The smallest absolute Gasteiger partial charge is 0.227 e. The Hall–Kier alpha value is -2.73. The van der Waals surface area contributed by atoms with Crippen molar-refractivity contribution in [2.24, 2.45) is 5.92 Å². The normalized spacial score (nSPS) is 17.5. The van der Waals surface area contributed by atoms with Gasteiger partial charge in [-0.05, 0) is 37.1 Å². The van der Waals surface area contributed by atoms with Gasteiger partial charge in [-0.1, -0.05) is 13.8 Å². The van der Waals surface area contributed by atoms with E-state index in [-0.39, 0.29) is 16.9 Å². The maximum Gasteiger partial charge on any atom is 0.227 e. The minimum Gasteiger partial charge on any atom is -0.368 e. The average Bonchev–Trinajstić information content (AvgIpc) is 2.66. The lowest BCUT2D eigenvalue weighted by atomic mass is 9.99. The first-order valence-electron chi connectivity index (χ1n) is 9.37. The molecule has 0 amide bonds. The first-order chi connectivity index (χ1) is 13.6. The molecule has 0 bridgehead atoms. The monoisotopic (exact) mass is 417 g/mol. The summed E-state index contributed by atoms with van der Waals surface area (Å²) in [5.41, 5.74) is 1.72. The molecule has 7 nitrogen and oxygen atoms in total. The number of aromatic nitrogens is 2. The summed E-state index contributed by atoms with van der Waals surface area (Å²) in [6.45, 7) is 7.81. The summed E-state index contributed by atoms with van der Waals surface area (Å²) < 4.78 is 37.7. The highest BCUT2D eigenvalue weighted by Gasteiger charge is 2.32. The summed E-state index contributed by atoms with van der Waals surface area (Å²) in [6, 6.07) is 7.97. The van der Waals surface area contributed by atoms with E-state index in [1.807, 2.05) is 6.92 Å². The van der Waals surface area contributed by atoms with E-state index in [4.69, 9.17) is 0 Å². The number of benzene rings is 1. The zero-order valence-corrected chi connectivity index (χ0v) is 17.7. The summed E-state index contributed by atoms with van der Waals surface area (Å²) in [5.74, 6) is 0.0330. The van der Waals surface area contributed by atoms with Gasteiger partial charge in [-0.25, -0.2) is 22.8 Å². The van der Waals surface area contributed by atoms with Crippen molar-refractivity contribution in [3.63, 3.8) is 0 Å². The van der Waals surface area contributed by atoms with Crippen LogP contribution < -0.4 is 9.80 Å². The first-order valence-corrected chi connectivity index (χ1v) is 11.3. The van der Waals surface area contributed by atoms with E-state index < -0.39 is 15.7 Å². The number of nitrogens with zero attached hydrogens (tertiary/aromatic N) is 5. The van der Waals surface area contributed by atoms with Gasteiger partial charge in [-0.3, -0.25) is 0 Å². The lowest BCUT2D eigenvalue weighted by Crippen LogP contribution is -2.56. The van der Waals surface area contributed by atoms with E-state index in [0.29, 0.717) is 37.0 Å². The summed E-state index contributed by atoms with van der Waals surface area (Å²) in [6.07, 6.45) is 1.01. The van der Waals surface area contributed by atoms with Crippen molar-refractivity contribution in [1.82, 2.24) is 9.97 Å². The SMILES string of the molecule is Cc1cc(C#N)nc(N2CCN(c3ccc(F)c(S(C)(=O)=O)c3)CC2C(C)C)n1. The van der Waals surface area contributed by atoms with Gasteiger partial charge >= 0.3 is 0 Å². The molecule has 0 radical (unpaired) electrons.